The number of para-hydroxylation sites is 1. The molecule has 0 saturated carbocycles. The SMILES string of the molecule is C=C(/C(=C\C(C)=C/C)C(=O)Nc1ccc(C=O)cc1)N1CC2(CCOCC2)C1.CC.CN1CCc2cc(C(=O)Nc3c(F)cccc3C(F)(F)F)sc2-c2ncc(F)cc21. The number of alkyl halides is 3. The summed E-state index contributed by atoms with van der Waals surface area (Å²) >= 11 is 1.02. The molecule has 2 N–H and O–H groups in total. The van der Waals surface area contributed by atoms with Crippen LogP contribution in [0.3, 0.4) is 0 Å². The summed E-state index contributed by atoms with van der Waals surface area (Å²) < 4.78 is 72.7. The van der Waals surface area contributed by atoms with Gasteiger partial charge in [0.25, 0.3) is 11.8 Å². The Morgan fingerprint density at radius 2 is 1.70 bits per heavy atom. The lowest BCUT2D eigenvalue weighted by Crippen LogP contribution is -2.58. The van der Waals surface area contributed by atoms with Crippen molar-refractivity contribution in [3.63, 3.8) is 0 Å². The Morgan fingerprint density at radius 3 is 2.33 bits per heavy atom. The third-order valence-electron chi connectivity index (χ3n) is 10.4. The van der Waals surface area contributed by atoms with Gasteiger partial charge >= 0.3 is 6.18 Å². The van der Waals surface area contributed by atoms with Gasteiger partial charge in [0.2, 0.25) is 0 Å². The van der Waals surface area contributed by atoms with E-state index in [2.05, 4.69) is 27.1 Å². The Labute approximate surface area is 350 Å². The minimum Gasteiger partial charge on any atom is -0.381 e. The molecular weight excluding hydrogens is 802 g/mol. The van der Waals surface area contributed by atoms with Crippen molar-refractivity contribution in [1.29, 1.82) is 0 Å². The molecule has 2 amide bonds. The fourth-order valence-corrected chi connectivity index (χ4v) is 8.08. The van der Waals surface area contributed by atoms with Crippen LogP contribution < -0.4 is 15.5 Å². The molecule has 3 aliphatic rings. The zero-order chi connectivity index (χ0) is 43.8. The van der Waals surface area contributed by atoms with E-state index in [1.54, 1.807) is 37.4 Å². The molecule has 3 aliphatic heterocycles. The molecule has 2 saturated heterocycles. The molecule has 2 aromatic carbocycles. The Kier molecular flexibility index (Phi) is 14.8. The lowest BCUT2D eigenvalue weighted by molar-refractivity contribution is -0.137. The Hall–Kier alpha value is -5.67. The van der Waals surface area contributed by atoms with Crippen LogP contribution in [0.4, 0.5) is 39.0 Å². The smallest absolute Gasteiger partial charge is 0.381 e. The molecule has 0 atom stereocenters. The lowest BCUT2D eigenvalue weighted by Gasteiger charge is -2.54. The third-order valence-corrected chi connectivity index (χ3v) is 11.6. The predicted molar refractivity (Wildman–Crippen MR) is 226 cm³/mol. The van der Waals surface area contributed by atoms with E-state index in [9.17, 15) is 36.3 Å². The fraction of sp³-hybridized carbons (Fsp3) is 0.333. The van der Waals surface area contributed by atoms with Gasteiger partial charge in [-0.25, -0.2) is 8.78 Å². The number of allylic oxidation sites excluding steroid dienone is 3. The summed E-state index contributed by atoms with van der Waals surface area (Å²) in [4.78, 5) is 45.4. The van der Waals surface area contributed by atoms with Gasteiger partial charge in [0.1, 0.15) is 23.6 Å². The number of hydrogen-bond donors (Lipinski definition) is 2. The van der Waals surface area contributed by atoms with Gasteiger partial charge < -0.3 is 25.2 Å². The lowest BCUT2D eigenvalue weighted by atomic mass is 9.73. The number of anilines is 3. The van der Waals surface area contributed by atoms with Crippen molar-refractivity contribution >= 4 is 46.5 Å². The molecule has 318 valence electrons. The average Bonchev–Trinajstić information content (AvgIpc) is 3.61. The second kappa shape index (κ2) is 19.6. The van der Waals surface area contributed by atoms with Crippen LogP contribution >= 0.6 is 11.3 Å². The van der Waals surface area contributed by atoms with Crippen LogP contribution in [0.2, 0.25) is 0 Å². The van der Waals surface area contributed by atoms with Gasteiger partial charge in [-0.15, -0.1) is 11.3 Å². The van der Waals surface area contributed by atoms with E-state index < -0.39 is 35.0 Å². The molecule has 2 fully saturated rings. The van der Waals surface area contributed by atoms with Gasteiger partial charge in [-0.1, -0.05) is 38.1 Å². The first-order valence-electron chi connectivity index (χ1n) is 19.5. The Morgan fingerprint density at radius 1 is 1.02 bits per heavy atom. The molecular formula is C45H48F5N5O4S. The molecule has 9 nitrogen and oxygen atoms in total. The third kappa shape index (κ3) is 10.5. The maximum atomic E-state index is 14.1. The summed E-state index contributed by atoms with van der Waals surface area (Å²) in [6, 6.07) is 12.2. The zero-order valence-electron chi connectivity index (χ0n) is 34.1. The standard InChI is InChI=1S/C23H28N2O3.C20H14F5N3OS.C2H6/c1-4-17(2)13-21(22(27)24-20-7-5-19(14-26)6-8-20)18(3)25-15-23(16-25)9-11-28-12-10-23;1-28-6-5-10-7-15(30-18(10)17-14(28)8-11(21)9-26-17)19(29)27-16-12(20(23,24)25)3-2-4-13(16)22;1-2/h4-8,13-14H,3,9-12,15-16H2,1-2H3,(H,24,27);2-4,7-9H,5-6H2,1H3,(H,27,29);1-2H3/b17-4-,21-13+;;. The van der Waals surface area contributed by atoms with Crippen LogP contribution in [0.1, 0.15) is 71.7 Å². The maximum absolute atomic E-state index is 14.1. The first-order valence-corrected chi connectivity index (χ1v) is 20.3. The highest BCUT2D eigenvalue weighted by Gasteiger charge is 2.45. The van der Waals surface area contributed by atoms with Crippen molar-refractivity contribution in [1.82, 2.24) is 9.88 Å². The molecule has 15 heteroatoms. The number of nitrogens with one attached hydrogen (secondary N) is 2. The Bertz CT molecular complexity index is 2270. The monoisotopic (exact) mass is 849 g/mol. The van der Waals surface area contributed by atoms with Gasteiger partial charge in [-0.2, -0.15) is 13.2 Å². The maximum Gasteiger partial charge on any atom is 0.418 e. The summed E-state index contributed by atoms with van der Waals surface area (Å²) in [7, 11) is 1.79. The van der Waals surface area contributed by atoms with E-state index in [1.165, 1.54) is 6.07 Å². The number of halogens is 5. The normalized spacial score (nSPS) is 15.8. The number of carbonyl (C=O) groups excluding carboxylic acids is 3. The van der Waals surface area contributed by atoms with Crippen LogP contribution in [0.15, 0.2) is 96.4 Å². The van der Waals surface area contributed by atoms with E-state index >= 15 is 0 Å². The zero-order valence-corrected chi connectivity index (χ0v) is 35.0. The van der Waals surface area contributed by atoms with Crippen molar-refractivity contribution in [2.24, 2.45) is 5.41 Å². The number of benzene rings is 2. The fourth-order valence-electron chi connectivity index (χ4n) is 6.97. The van der Waals surface area contributed by atoms with E-state index in [-0.39, 0.29) is 10.8 Å². The molecule has 4 aromatic rings. The van der Waals surface area contributed by atoms with Gasteiger partial charge in [0.05, 0.1) is 38.5 Å². The van der Waals surface area contributed by atoms with Crippen LogP contribution in [0.5, 0.6) is 0 Å². The number of thiophene rings is 1. The molecule has 7 rings (SSSR count). The summed E-state index contributed by atoms with van der Waals surface area (Å²) in [6.45, 7) is 16.1. The average molecular weight is 850 g/mol. The van der Waals surface area contributed by atoms with E-state index in [1.807, 2.05) is 44.7 Å². The first-order chi connectivity index (χ1) is 28.6. The number of carbonyl (C=O) groups is 3. The van der Waals surface area contributed by atoms with Crippen LogP contribution in [-0.4, -0.2) is 67.9 Å². The molecule has 0 bridgehead atoms. The summed E-state index contributed by atoms with van der Waals surface area (Å²) in [5.41, 5.74) is 3.47. The number of pyridine rings is 1. The van der Waals surface area contributed by atoms with E-state index in [0.717, 1.165) is 91.9 Å². The van der Waals surface area contributed by atoms with Crippen LogP contribution in [0.25, 0.3) is 10.6 Å². The van der Waals surface area contributed by atoms with Gasteiger partial charge in [-0.3, -0.25) is 19.4 Å². The van der Waals surface area contributed by atoms with Crippen LogP contribution in [0, 0.1) is 17.0 Å². The molecule has 1 spiro atoms. The highest BCUT2D eigenvalue weighted by Crippen LogP contribution is 2.43. The highest BCUT2D eigenvalue weighted by atomic mass is 32.1. The number of aldehydes is 1. The number of likely N-dealkylation sites (tertiary alicyclic amines) is 1. The number of fused-ring (bicyclic) bond motifs is 3. The molecule has 0 aliphatic carbocycles. The van der Waals surface area contributed by atoms with Crippen molar-refractivity contribution < 1.29 is 41.1 Å². The minimum atomic E-state index is -4.82. The number of hydrogen-bond acceptors (Lipinski definition) is 8. The second-order valence-corrected chi connectivity index (χ2v) is 15.5. The summed E-state index contributed by atoms with van der Waals surface area (Å²) in [6.07, 6.45) is 3.54. The number of aromatic nitrogens is 1. The minimum absolute atomic E-state index is 0.109. The Balaban J connectivity index is 0.000000219. The molecule has 0 unspecified atom stereocenters. The molecule has 0 radical (unpaired) electrons. The summed E-state index contributed by atoms with van der Waals surface area (Å²) in [5, 5.41) is 4.97. The number of likely N-dealkylation sites (N-methyl/N-ethyl adjacent to an activating group) is 1. The second-order valence-electron chi connectivity index (χ2n) is 14.5. The topological polar surface area (TPSA) is 104 Å². The number of nitrogens with zero attached hydrogens (tertiary/aromatic N) is 3. The van der Waals surface area contributed by atoms with Gasteiger partial charge in [0, 0.05) is 68.3 Å². The number of ether oxygens (including phenoxy) is 1. The van der Waals surface area contributed by atoms with Crippen molar-refractivity contribution in [3.05, 3.63) is 130 Å². The predicted octanol–water partition coefficient (Wildman–Crippen LogP) is 10.3. The quantitative estimate of drug-likeness (QED) is 0.0788. The van der Waals surface area contributed by atoms with Crippen molar-refractivity contribution in [2.75, 3.05) is 55.4 Å². The number of rotatable bonds is 8. The van der Waals surface area contributed by atoms with E-state index in [0.29, 0.717) is 57.5 Å². The van der Waals surface area contributed by atoms with Gasteiger partial charge in [-0.05, 0) is 87.2 Å². The molecule has 2 aromatic heterocycles. The van der Waals surface area contributed by atoms with Crippen molar-refractivity contribution in [3.8, 4) is 10.6 Å². The number of amides is 2. The van der Waals surface area contributed by atoms with Crippen LogP contribution in [-0.2, 0) is 22.1 Å². The van der Waals surface area contributed by atoms with Gasteiger partial charge in [0.15, 0.2) is 0 Å². The molecule has 60 heavy (non-hydrogen) atoms. The largest absolute Gasteiger partial charge is 0.418 e. The molecule has 5 heterocycles. The summed E-state index contributed by atoms with van der Waals surface area (Å²) in [5.74, 6) is -2.74. The van der Waals surface area contributed by atoms with E-state index in [4.69, 9.17) is 4.74 Å². The van der Waals surface area contributed by atoms with Crippen molar-refractivity contribution in [2.45, 2.75) is 53.1 Å². The highest BCUT2D eigenvalue weighted by molar-refractivity contribution is 7.17. The first kappa shape index (κ1) is 45.4.